The molecule has 20 nitrogen and oxygen atoms in total. The van der Waals surface area contributed by atoms with Crippen LogP contribution >= 0.6 is 0 Å². The van der Waals surface area contributed by atoms with Crippen molar-refractivity contribution in [3.05, 3.63) is 59.7 Å². The zero-order valence-electron chi connectivity index (χ0n) is 43.8. The lowest BCUT2D eigenvalue weighted by atomic mass is 9.97. The van der Waals surface area contributed by atoms with Gasteiger partial charge >= 0.3 is 41.5 Å². The average Bonchev–Trinajstić information content (AvgIpc) is 3.31. The first-order chi connectivity index (χ1) is 33.9. The highest BCUT2D eigenvalue weighted by molar-refractivity contribution is 6.61. The number of hydrogen-bond acceptors (Lipinski definition) is 18. The smallest absolute Gasteiger partial charge is 0.490 e. The van der Waals surface area contributed by atoms with Crippen molar-refractivity contribution in [3.63, 3.8) is 0 Å². The minimum absolute atomic E-state index is 0.0510. The molecule has 0 aliphatic heterocycles. The van der Waals surface area contributed by atoms with Crippen molar-refractivity contribution < 1.29 is 94.7 Å². The first kappa shape index (κ1) is 65.4. The number of carbonyl (C=O) groups is 6. The van der Waals surface area contributed by atoms with E-state index in [1.807, 2.05) is 41.5 Å². The topological polar surface area (TPSA) is 276 Å². The molecule has 0 aliphatic carbocycles. The van der Waals surface area contributed by atoms with Crippen molar-refractivity contribution in [3.8, 4) is 11.5 Å². The van der Waals surface area contributed by atoms with Crippen LogP contribution < -0.4 is 9.47 Å². The standard InChI is InChI=1S/2C25H40O10Si/c1-6-33-36(34-7-2,35-8-3)17-9-10-20(24(28)29)18-22(26)32-16-15-31-21-13-11-19(12-14-21)23(27)25(4,5)30;1-6-33-36(34-7-2,35-8-3)17-9-10-20(18-22(26)27)24(29)32-16-15-31-21-13-11-19(12-14-21)23(28)25(4,5)30/h11-14,20,30H,6-10,15-18H2,1-5H3,(H,28,29);11-14,20,30H,6-10,15-18H2,1-5H3,(H,26,27). The Morgan fingerprint density at radius 1 is 0.500 bits per heavy atom. The van der Waals surface area contributed by atoms with Crippen LogP contribution in [0.4, 0.5) is 0 Å². The van der Waals surface area contributed by atoms with E-state index in [1.54, 1.807) is 48.5 Å². The minimum Gasteiger partial charge on any atom is -0.490 e. The van der Waals surface area contributed by atoms with Crippen LogP contribution in [0.25, 0.3) is 0 Å². The Hall–Kier alpha value is -4.63. The van der Waals surface area contributed by atoms with E-state index in [0.29, 0.717) is 93.6 Å². The summed E-state index contributed by atoms with van der Waals surface area (Å²) in [6.45, 7) is 19.4. The van der Waals surface area contributed by atoms with Crippen LogP contribution in [0.15, 0.2) is 48.5 Å². The molecular formula is C50H80O20Si2. The lowest BCUT2D eigenvalue weighted by Gasteiger charge is -2.28. The number of hydrogen-bond donors (Lipinski definition) is 4. The summed E-state index contributed by atoms with van der Waals surface area (Å²) >= 11 is 0. The fourth-order valence-electron chi connectivity index (χ4n) is 7.07. The lowest BCUT2D eigenvalue weighted by Crippen LogP contribution is -2.46. The maximum atomic E-state index is 12.6. The molecule has 0 amide bonds. The highest BCUT2D eigenvalue weighted by Crippen LogP contribution is 2.26. The van der Waals surface area contributed by atoms with Crippen LogP contribution in [0, 0.1) is 11.8 Å². The summed E-state index contributed by atoms with van der Waals surface area (Å²) in [5.41, 5.74) is -2.24. The first-order valence-electron chi connectivity index (χ1n) is 24.6. The summed E-state index contributed by atoms with van der Waals surface area (Å²) in [6, 6.07) is 13.4. The molecule has 2 aromatic carbocycles. The third-order valence-electron chi connectivity index (χ3n) is 10.3. The second kappa shape index (κ2) is 34.0. The van der Waals surface area contributed by atoms with Crippen molar-refractivity contribution in [2.24, 2.45) is 11.8 Å². The Kier molecular flexibility index (Phi) is 30.9. The fourth-order valence-corrected chi connectivity index (χ4v) is 12.3. The van der Waals surface area contributed by atoms with Gasteiger partial charge in [0.15, 0.2) is 11.6 Å². The first-order valence-corrected chi connectivity index (χ1v) is 28.4. The molecular weight excluding hydrogens is 977 g/mol. The predicted molar refractivity (Wildman–Crippen MR) is 268 cm³/mol. The van der Waals surface area contributed by atoms with E-state index in [2.05, 4.69) is 0 Å². The Morgan fingerprint density at radius 3 is 1.17 bits per heavy atom. The summed E-state index contributed by atoms with van der Waals surface area (Å²) in [5, 5.41) is 38.4. The van der Waals surface area contributed by atoms with Crippen LogP contribution in [-0.2, 0) is 55.2 Å². The number of ether oxygens (including phenoxy) is 4. The molecule has 0 aliphatic rings. The molecule has 22 heteroatoms. The number of carboxylic acids is 2. The Labute approximate surface area is 426 Å². The molecule has 0 radical (unpaired) electrons. The maximum absolute atomic E-state index is 12.6. The van der Waals surface area contributed by atoms with Crippen molar-refractivity contribution in [2.45, 2.75) is 131 Å². The van der Waals surface area contributed by atoms with Crippen molar-refractivity contribution in [1.82, 2.24) is 0 Å². The summed E-state index contributed by atoms with van der Waals surface area (Å²) in [5.74, 6) is -4.98. The zero-order chi connectivity index (χ0) is 54.4. The third-order valence-corrected chi connectivity index (χ3v) is 16.6. The average molecular weight is 1060 g/mol. The molecule has 2 aromatic rings. The Bertz CT molecular complexity index is 1880. The molecule has 2 atom stereocenters. The molecule has 0 saturated carbocycles. The Balaban J connectivity index is 0.000000720. The van der Waals surface area contributed by atoms with Crippen molar-refractivity contribution in [1.29, 1.82) is 0 Å². The highest BCUT2D eigenvalue weighted by Gasteiger charge is 2.41. The largest absolute Gasteiger partial charge is 0.500 e. The number of aliphatic hydroxyl groups is 2. The number of benzene rings is 2. The number of carboxylic acid groups (broad SMARTS) is 2. The molecule has 0 heterocycles. The quantitative estimate of drug-likeness (QED) is 0.0229. The summed E-state index contributed by atoms with van der Waals surface area (Å²) in [7, 11) is -5.75. The third kappa shape index (κ3) is 25.4. The van der Waals surface area contributed by atoms with Crippen LogP contribution in [0.1, 0.15) is 128 Å². The summed E-state index contributed by atoms with van der Waals surface area (Å²) in [6.07, 6.45) is 0.929. The zero-order valence-corrected chi connectivity index (χ0v) is 45.8. The van der Waals surface area contributed by atoms with Gasteiger partial charge in [-0.05, 0) is 143 Å². The molecule has 2 rings (SSSR count). The summed E-state index contributed by atoms with van der Waals surface area (Å²) < 4.78 is 56.2. The summed E-state index contributed by atoms with van der Waals surface area (Å²) in [4.78, 5) is 71.8. The van der Waals surface area contributed by atoms with E-state index in [-0.39, 0.29) is 45.7 Å². The second-order valence-corrected chi connectivity index (χ2v) is 22.7. The van der Waals surface area contributed by atoms with Gasteiger partial charge in [-0.3, -0.25) is 28.8 Å². The molecule has 72 heavy (non-hydrogen) atoms. The molecule has 2 unspecified atom stereocenters. The number of carbonyl (C=O) groups excluding carboxylic acids is 4. The second-order valence-electron chi connectivity index (χ2n) is 17.2. The highest BCUT2D eigenvalue weighted by atomic mass is 28.4. The van der Waals surface area contributed by atoms with Crippen LogP contribution in [0.5, 0.6) is 11.5 Å². The van der Waals surface area contributed by atoms with Crippen molar-refractivity contribution in [2.75, 3.05) is 66.1 Å². The van der Waals surface area contributed by atoms with Gasteiger partial charge in [0, 0.05) is 62.9 Å². The molecule has 408 valence electrons. The van der Waals surface area contributed by atoms with Gasteiger partial charge in [0.1, 0.15) is 49.1 Å². The van der Waals surface area contributed by atoms with Crippen LogP contribution in [0.3, 0.4) is 0 Å². The van der Waals surface area contributed by atoms with Gasteiger partial charge in [-0.2, -0.15) is 0 Å². The number of aliphatic carboxylic acids is 2. The van der Waals surface area contributed by atoms with E-state index >= 15 is 0 Å². The fraction of sp³-hybridized carbons (Fsp3) is 0.640. The number of rotatable bonds is 38. The molecule has 0 aromatic heterocycles. The van der Waals surface area contributed by atoms with Gasteiger partial charge in [0.25, 0.3) is 0 Å². The van der Waals surface area contributed by atoms with Gasteiger partial charge in [0.2, 0.25) is 0 Å². The van der Waals surface area contributed by atoms with E-state index in [9.17, 15) is 49.2 Å². The molecule has 0 bridgehead atoms. The normalized spacial score (nSPS) is 12.7. The predicted octanol–water partition coefficient (Wildman–Crippen LogP) is 6.96. The molecule has 0 saturated heterocycles. The lowest BCUT2D eigenvalue weighted by molar-refractivity contribution is -0.154. The Morgan fingerprint density at radius 2 is 0.847 bits per heavy atom. The van der Waals surface area contributed by atoms with Crippen LogP contribution in [-0.4, -0.2) is 151 Å². The number of Topliss-reactive ketones (excluding diaryl/α,β-unsaturated/α-hetero) is 2. The van der Waals surface area contributed by atoms with E-state index < -0.39 is 76.1 Å². The monoisotopic (exact) mass is 1060 g/mol. The van der Waals surface area contributed by atoms with Gasteiger partial charge in [-0.25, -0.2) is 0 Å². The molecule has 0 spiro atoms. The molecule has 4 N–H and O–H groups in total. The minimum atomic E-state index is -2.88. The SMILES string of the molecule is CCO[Si](CCCC(CC(=O)O)C(=O)OCCOc1ccc(C(=O)C(C)(C)O)cc1)(OCC)OCC.CCO[Si](CCCC(CC(=O)OCCOc1ccc(C(=O)C(C)(C)O)cc1)C(=O)O)(OCC)OCC. The molecule has 0 fully saturated rings. The van der Waals surface area contributed by atoms with Crippen molar-refractivity contribution >= 4 is 53.1 Å². The maximum Gasteiger partial charge on any atom is 0.500 e. The van der Waals surface area contributed by atoms with Crippen LogP contribution in [0.2, 0.25) is 12.1 Å². The number of ketones is 2. The van der Waals surface area contributed by atoms with E-state index in [4.69, 9.17) is 45.5 Å². The van der Waals surface area contributed by atoms with Gasteiger partial charge in [-0.1, -0.05) is 0 Å². The van der Waals surface area contributed by atoms with Gasteiger partial charge < -0.3 is 65.9 Å². The van der Waals surface area contributed by atoms with E-state index in [1.165, 1.54) is 27.7 Å². The van der Waals surface area contributed by atoms with E-state index in [0.717, 1.165) is 0 Å². The van der Waals surface area contributed by atoms with Gasteiger partial charge in [0.05, 0.1) is 24.7 Å². The van der Waals surface area contributed by atoms with Gasteiger partial charge in [-0.15, -0.1) is 0 Å². The number of esters is 2.